The second-order valence-corrected chi connectivity index (χ2v) is 5.74. The van der Waals surface area contributed by atoms with Gasteiger partial charge < -0.3 is 0 Å². The van der Waals surface area contributed by atoms with Gasteiger partial charge >= 0.3 is 15.5 Å². The standard InChI is InChI=1S/C11H11F3N3O2S/c12-11(13,14)20(18,19)15-6-8-17-7-5-9-3-1-2-4-10(9)16-17/h1-5,7,15H,6,8H2/q+1. The minimum atomic E-state index is -5.30. The van der Waals surface area contributed by atoms with Crippen molar-refractivity contribution in [3.05, 3.63) is 36.5 Å². The Bertz CT molecular complexity index is 716. The molecule has 0 atom stereocenters. The van der Waals surface area contributed by atoms with E-state index in [1.165, 1.54) is 9.40 Å². The highest BCUT2D eigenvalue weighted by atomic mass is 32.2. The minimum absolute atomic E-state index is 0.000143. The smallest absolute Gasteiger partial charge is 0.203 e. The van der Waals surface area contributed by atoms with E-state index in [2.05, 4.69) is 5.10 Å². The largest absolute Gasteiger partial charge is 0.511 e. The topological polar surface area (TPSA) is 62.9 Å². The van der Waals surface area contributed by atoms with E-state index in [0.29, 0.717) is 5.52 Å². The maximum atomic E-state index is 12.1. The van der Waals surface area contributed by atoms with Crippen LogP contribution in [0.2, 0.25) is 0 Å². The van der Waals surface area contributed by atoms with E-state index in [1.807, 2.05) is 12.1 Å². The van der Waals surface area contributed by atoms with Gasteiger partial charge in [-0.05, 0) is 6.07 Å². The average Bonchev–Trinajstić information content (AvgIpc) is 2.37. The van der Waals surface area contributed by atoms with Gasteiger partial charge in [0.05, 0.1) is 6.54 Å². The van der Waals surface area contributed by atoms with Crippen LogP contribution in [0.3, 0.4) is 0 Å². The number of aromatic nitrogens is 2. The fourth-order valence-corrected chi connectivity index (χ4v) is 2.08. The fraction of sp³-hybridized carbons (Fsp3) is 0.273. The van der Waals surface area contributed by atoms with Crippen molar-refractivity contribution in [3.8, 4) is 0 Å². The third-order valence-corrected chi connectivity index (χ3v) is 3.73. The van der Waals surface area contributed by atoms with E-state index in [0.717, 1.165) is 5.39 Å². The molecule has 0 aliphatic heterocycles. The van der Waals surface area contributed by atoms with Crippen LogP contribution in [0.4, 0.5) is 13.2 Å². The third kappa shape index (κ3) is 3.23. The molecule has 0 saturated carbocycles. The van der Waals surface area contributed by atoms with Crippen molar-refractivity contribution in [2.45, 2.75) is 12.1 Å². The average molecular weight is 306 g/mol. The van der Waals surface area contributed by atoms with Gasteiger partial charge in [0.25, 0.3) is 0 Å². The number of nitrogens with zero attached hydrogens (tertiary/aromatic N) is 2. The monoisotopic (exact) mass is 306 g/mol. The summed E-state index contributed by atoms with van der Waals surface area (Å²) in [4.78, 5) is 0. The molecule has 0 unspecified atom stereocenters. The number of alkyl halides is 3. The predicted octanol–water partition coefficient (Wildman–Crippen LogP) is 0.962. The Morgan fingerprint density at radius 3 is 2.60 bits per heavy atom. The number of fused-ring (bicyclic) bond motifs is 1. The molecule has 2 aromatic rings. The number of hydrogen-bond acceptors (Lipinski definition) is 3. The molecule has 0 fully saturated rings. The van der Waals surface area contributed by atoms with Crippen molar-refractivity contribution >= 4 is 20.9 Å². The molecule has 0 aliphatic rings. The lowest BCUT2D eigenvalue weighted by atomic mass is 10.2. The molecular formula is C11H11F3N3O2S+. The zero-order valence-electron chi connectivity index (χ0n) is 10.1. The van der Waals surface area contributed by atoms with E-state index >= 15 is 0 Å². The lowest BCUT2D eigenvalue weighted by Crippen LogP contribution is -2.45. The Kier molecular flexibility index (Phi) is 3.91. The Morgan fingerprint density at radius 2 is 1.90 bits per heavy atom. The highest BCUT2D eigenvalue weighted by Gasteiger charge is 2.45. The first-order valence-electron chi connectivity index (χ1n) is 5.61. The minimum Gasteiger partial charge on any atom is -0.203 e. The van der Waals surface area contributed by atoms with Crippen molar-refractivity contribution in [1.29, 1.82) is 0 Å². The molecule has 0 radical (unpaired) electrons. The number of nitrogens with one attached hydrogen (secondary N) is 1. The number of halogens is 3. The van der Waals surface area contributed by atoms with Gasteiger partial charge in [0.15, 0.2) is 12.7 Å². The van der Waals surface area contributed by atoms with Gasteiger partial charge in [-0.2, -0.15) is 13.2 Å². The van der Waals surface area contributed by atoms with E-state index in [-0.39, 0.29) is 6.54 Å². The Hall–Kier alpha value is -1.74. The van der Waals surface area contributed by atoms with Crippen LogP contribution in [-0.2, 0) is 16.6 Å². The second kappa shape index (κ2) is 5.33. The summed E-state index contributed by atoms with van der Waals surface area (Å²) in [5, 5.41) is 5.05. The van der Waals surface area contributed by atoms with Crippen molar-refractivity contribution in [2.75, 3.05) is 6.54 Å². The normalized spacial score (nSPS) is 12.8. The third-order valence-electron chi connectivity index (χ3n) is 2.54. The number of benzene rings is 1. The van der Waals surface area contributed by atoms with E-state index in [1.54, 1.807) is 24.4 Å². The molecule has 108 valence electrons. The molecule has 1 heterocycles. The zero-order valence-corrected chi connectivity index (χ0v) is 10.9. The molecule has 1 aromatic carbocycles. The van der Waals surface area contributed by atoms with Gasteiger partial charge in [0.1, 0.15) is 5.52 Å². The van der Waals surface area contributed by atoms with Crippen LogP contribution in [0.15, 0.2) is 36.5 Å². The second-order valence-electron chi connectivity index (χ2n) is 3.98. The van der Waals surface area contributed by atoms with Crippen LogP contribution >= 0.6 is 0 Å². The molecule has 0 saturated heterocycles. The lowest BCUT2D eigenvalue weighted by Gasteiger charge is -2.07. The summed E-state index contributed by atoms with van der Waals surface area (Å²) in [6, 6.07) is 8.98. The molecule has 0 amide bonds. The lowest BCUT2D eigenvalue weighted by molar-refractivity contribution is -0.749. The Labute approximate surface area is 113 Å². The summed E-state index contributed by atoms with van der Waals surface area (Å²) >= 11 is 0. The first kappa shape index (κ1) is 14.7. The first-order chi connectivity index (χ1) is 9.29. The zero-order chi connectivity index (χ0) is 14.8. The summed E-state index contributed by atoms with van der Waals surface area (Å²) < 4.78 is 60.7. The molecule has 1 aromatic heterocycles. The van der Waals surface area contributed by atoms with Gasteiger partial charge in [0, 0.05) is 16.6 Å². The van der Waals surface area contributed by atoms with Crippen molar-refractivity contribution < 1.29 is 26.3 Å². The van der Waals surface area contributed by atoms with E-state index < -0.39 is 22.1 Å². The molecule has 0 spiro atoms. The van der Waals surface area contributed by atoms with Gasteiger partial charge in [-0.3, -0.25) is 0 Å². The molecule has 0 aliphatic carbocycles. The maximum Gasteiger partial charge on any atom is 0.511 e. The van der Waals surface area contributed by atoms with Crippen LogP contribution < -0.4 is 9.40 Å². The maximum absolute atomic E-state index is 12.1. The molecule has 0 bridgehead atoms. The van der Waals surface area contributed by atoms with E-state index in [9.17, 15) is 21.6 Å². The molecule has 20 heavy (non-hydrogen) atoms. The number of rotatable bonds is 4. The van der Waals surface area contributed by atoms with Crippen molar-refractivity contribution in [3.63, 3.8) is 0 Å². The molecule has 9 heteroatoms. The van der Waals surface area contributed by atoms with Gasteiger partial charge in [-0.1, -0.05) is 22.9 Å². The molecule has 1 N–H and O–H groups in total. The highest BCUT2D eigenvalue weighted by Crippen LogP contribution is 2.21. The highest BCUT2D eigenvalue weighted by molar-refractivity contribution is 7.90. The Balaban J connectivity index is 2.03. The summed E-state index contributed by atoms with van der Waals surface area (Å²) in [6.07, 6.45) is 1.57. The summed E-state index contributed by atoms with van der Waals surface area (Å²) in [7, 11) is -5.30. The van der Waals surface area contributed by atoms with Crippen LogP contribution in [0.1, 0.15) is 0 Å². The summed E-state index contributed by atoms with van der Waals surface area (Å²) in [5.41, 5.74) is -4.62. The van der Waals surface area contributed by atoms with Crippen molar-refractivity contribution in [1.82, 2.24) is 9.82 Å². The van der Waals surface area contributed by atoms with Crippen LogP contribution in [-0.4, -0.2) is 25.6 Å². The molecule has 2 rings (SSSR count). The van der Waals surface area contributed by atoms with Gasteiger partial charge in [-0.15, -0.1) is 0 Å². The predicted molar refractivity (Wildman–Crippen MR) is 64.9 cm³/mol. The van der Waals surface area contributed by atoms with Gasteiger partial charge in [0.2, 0.25) is 0 Å². The fourth-order valence-electron chi connectivity index (χ4n) is 1.56. The first-order valence-corrected chi connectivity index (χ1v) is 7.09. The van der Waals surface area contributed by atoms with Crippen LogP contribution in [0.5, 0.6) is 0 Å². The van der Waals surface area contributed by atoms with Crippen LogP contribution in [0, 0.1) is 0 Å². The quantitative estimate of drug-likeness (QED) is 0.856. The number of hydrogen-bond donors (Lipinski definition) is 1. The van der Waals surface area contributed by atoms with Crippen LogP contribution in [0.25, 0.3) is 10.9 Å². The number of sulfonamides is 1. The Morgan fingerprint density at radius 1 is 1.20 bits per heavy atom. The van der Waals surface area contributed by atoms with Crippen molar-refractivity contribution in [2.24, 2.45) is 0 Å². The SMILES string of the molecule is O=S(=O)(NCC[n+]1ccc2ccccc2n1)C(F)(F)F. The van der Waals surface area contributed by atoms with Gasteiger partial charge in [-0.25, -0.2) is 13.1 Å². The summed E-state index contributed by atoms with van der Waals surface area (Å²) in [5.74, 6) is 0. The molecular weight excluding hydrogens is 295 g/mol. The van der Waals surface area contributed by atoms with E-state index in [4.69, 9.17) is 0 Å². The molecule has 5 nitrogen and oxygen atoms in total. The summed E-state index contributed by atoms with van der Waals surface area (Å²) in [6.45, 7) is -0.391.